The summed E-state index contributed by atoms with van der Waals surface area (Å²) in [5.41, 5.74) is 1.78. The van der Waals surface area contributed by atoms with Gasteiger partial charge >= 0.3 is 0 Å². The first-order chi connectivity index (χ1) is 12.8. The second-order valence-corrected chi connectivity index (χ2v) is 9.46. The van der Waals surface area contributed by atoms with E-state index < -0.39 is 0 Å². The Labute approximate surface area is 167 Å². The number of Topliss-reactive ketones (excluding diaryl/α,β-unsaturated/α-hetero) is 1. The number of aromatic amines is 1. The lowest BCUT2D eigenvalue weighted by molar-refractivity contribution is -0.118. The van der Waals surface area contributed by atoms with Crippen LogP contribution >= 0.6 is 23.1 Å². The summed E-state index contributed by atoms with van der Waals surface area (Å²) in [4.78, 5) is 34.5. The molecule has 2 aromatic rings. The minimum Gasteiger partial charge on any atom is -0.343 e. The van der Waals surface area contributed by atoms with Gasteiger partial charge in [0.15, 0.2) is 10.9 Å². The van der Waals surface area contributed by atoms with Crippen LogP contribution < -0.4 is 10.9 Å². The molecule has 7 heteroatoms. The molecule has 27 heavy (non-hydrogen) atoms. The summed E-state index contributed by atoms with van der Waals surface area (Å²) < 4.78 is 0. The minimum absolute atomic E-state index is 0.0571. The molecule has 0 radical (unpaired) electrons. The number of hydrogen-bond donors (Lipinski definition) is 2. The second kappa shape index (κ2) is 8.02. The molecule has 0 saturated heterocycles. The Balaban J connectivity index is 2.14. The molecule has 144 valence electrons. The van der Waals surface area contributed by atoms with Crippen LogP contribution in [0.15, 0.2) is 38.7 Å². The molecule has 1 unspecified atom stereocenters. The zero-order valence-corrected chi connectivity index (χ0v) is 17.9. The van der Waals surface area contributed by atoms with Gasteiger partial charge in [0.2, 0.25) is 0 Å². The number of thioether (sulfide) groups is 1. The normalized spacial score (nSPS) is 16.6. The maximum Gasteiger partial charge on any atom is 0.257 e. The highest BCUT2D eigenvalue weighted by Crippen LogP contribution is 2.42. The Morgan fingerprint density at radius 3 is 2.67 bits per heavy atom. The Bertz CT molecular complexity index is 927. The minimum atomic E-state index is -0.378. The van der Waals surface area contributed by atoms with Gasteiger partial charge in [-0.15, -0.1) is 11.3 Å². The average Bonchev–Trinajstić information content (AvgIpc) is 3.12. The van der Waals surface area contributed by atoms with Crippen LogP contribution in [0, 0.1) is 11.8 Å². The summed E-state index contributed by atoms with van der Waals surface area (Å²) in [5, 5.41) is 5.80. The average molecular weight is 404 g/mol. The van der Waals surface area contributed by atoms with Crippen molar-refractivity contribution in [3.8, 4) is 0 Å². The van der Waals surface area contributed by atoms with Crippen LogP contribution in [0.5, 0.6) is 0 Å². The second-order valence-electron chi connectivity index (χ2n) is 7.47. The predicted octanol–water partition coefficient (Wildman–Crippen LogP) is 4.64. The molecule has 5 nitrogen and oxygen atoms in total. The molecular formula is C20H25N3O2S2. The van der Waals surface area contributed by atoms with E-state index in [1.54, 1.807) is 23.1 Å². The summed E-state index contributed by atoms with van der Waals surface area (Å²) >= 11 is 3.10. The Hall–Kier alpha value is -1.86. The maximum atomic E-state index is 13.0. The Morgan fingerprint density at radius 2 is 2.07 bits per heavy atom. The first kappa shape index (κ1) is 19.9. The summed E-state index contributed by atoms with van der Waals surface area (Å²) in [6, 6.07) is 3.93. The fourth-order valence-electron chi connectivity index (χ4n) is 3.12. The molecule has 1 atom stereocenters. The number of anilines is 1. The molecule has 2 N–H and O–H groups in total. The lowest BCUT2D eigenvalue weighted by Crippen LogP contribution is -2.31. The molecular weight excluding hydrogens is 378 g/mol. The number of nitrogens with zero attached hydrogens (tertiary/aromatic N) is 1. The highest BCUT2D eigenvalue weighted by molar-refractivity contribution is 7.99. The smallest absolute Gasteiger partial charge is 0.257 e. The van der Waals surface area contributed by atoms with Gasteiger partial charge in [0.1, 0.15) is 5.82 Å². The molecule has 0 spiro atoms. The lowest BCUT2D eigenvalue weighted by atomic mass is 9.81. The standard InChI is InChI=1S/C20H25N3O2S2/c1-10(2)9-27-20-22-18-16(19(25)23-20)15(13-7-6-8-26-13)14(12(5)21-18)17(24)11(3)4/h6-8,10-11,15H,9H2,1-5H3,(H2,21,22,23,25). The van der Waals surface area contributed by atoms with Gasteiger partial charge in [0.05, 0.1) is 11.5 Å². The van der Waals surface area contributed by atoms with Crippen LogP contribution in [0.1, 0.15) is 51.0 Å². The summed E-state index contributed by atoms with van der Waals surface area (Å²) in [5.74, 6) is 1.47. The van der Waals surface area contributed by atoms with E-state index in [-0.39, 0.29) is 23.2 Å². The number of allylic oxidation sites excluding steroid dienone is 2. The highest BCUT2D eigenvalue weighted by Gasteiger charge is 2.36. The zero-order valence-electron chi connectivity index (χ0n) is 16.3. The monoisotopic (exact) mass is 403 g/mol. The first-order valence-corrected chi connectivity index (χ1v) is 11.0. The van der Waals surface area contributed by atoms with Gasteiger partial charge < -0.3 is 10.3 Å². The summed E-state index contributed by atoms with van der Waals surface area (Å²) in [6.45, 7) is 9.93. The van der Waals surface area contributed by atoms with Crippen molar-refractivity contribution in [1.82, 2.24) is 9.97 Å². The fraction of sp³-hybridized carbons (Fsp3) is 0.450. The van der Waals surface area contributed by atoms with Gasteiger partial charge in [-0.05, 0) is 24.3 Å². The van der Waals surface area contributed by atoms with Crippen LogP contribution in [-0.2, 0) is 4.79 Å². The molecule has 0 aliphatic carbocycles. The van der Waals surface area contributed by atoms with Gasteiger partial charge in [0.25, 0.3) is 5.56 Å². The largest absolute Gasteiger partial charge is 0.343 e. The maximum absolute atomic E-state index is 13.0. The third kappa shape index (κ3) is 4.04. The predicted molar refractivity (Wildman–Crippen MR) is 113 cm³/mol. The van der Waals surface area contributed by atoms with Gasteiger partial charge in [-0.1, -0.05) is 45.5 Å². The Kier molecular flexibility index (Phi) is 5.91. The van der Waals surface area contributed by atoms with Gasteiger partial charge in [0, 0.05) is 27.8 Å². The molecule has 2 aromatic heterocycles. The van der Waals surface area contributed by atoms with Crippen molar-refractivity contribution in [3.05, 3.63) is 49.6 Å². The molecule has 0 amide bonds. The van der Waals surface area contributed by atoms with Gasteiger partial charge in [-0.3, -0.25) is 9.59 Å². The molecule has 0 aromatic carbocycles. The van der Waals surface area contributed by atoms with E-state index in [4.69, 9.17) is 0 Å². The molecule has 0 fully saturated rings. The quantitative estimate of drug-likeness (QED) is 0.543. The van der Waals surface area contributed by atoms with Crippen LogP contribution in [0.2, 0.25) is 0 Å². The summed E-state index contributed by atoms with van der Waals surface area (Å²) in [7, 11) is 0. The summed E-state index contributed by atoms with van der Waals surface area (Å²) in [6.07, 6.45) is 0. The van der Waals surface area contributed by atoms with Crippen molar-refractivity contribution in [2.45, 2.75) is 45.7 Å². The third-order valence-electron chi connectivity index (χ3n) is 4.39. The first-order valence-electron chi connectivity index (χ1n) is 9.12. The van der Waals surface area contributed by atoms with Crippen molar-refractivity contribution in [2.75, 3.05) is 11.1 Å². The number of aromatic nitrogens is 2. The van der Waals surface area contributed by atoms with Crippen LogP contribution in [-0.4, -0.2) is 21.5 Å². The van der Waals surface area contributed by atoms with Crippen molar-refractivity contribution >= 4 is 34.7 Å². The van der Waals surface area contributed by atoms with Crippen molar-refractivity contribution in [3.63, 3.8) is 0 Å². The number of carbonyl (C=O) groups excluding carboxylic acids is 1. The van der Waals surface area contributed by atoms with Crippen molar-refractivity contribution in [2.24, 2.45) is 11.8 Å². The number of thiophene rings is 1. The fourth-order valence-corrected chi connectivity index (χ4v) is 4.78. The van der Waals surface area contributed by atoms with Crippen LogP contribution in [0.3, 0.4) is 0 Å². The highest BCUT2D eigenvalue weighted by atomic mass is 32.2. The van der Waals surface area contributed by atoms with Crippen LogP contribution in [0.25, 0.3) is 0 Å². The number of carbonyl (C=O) groups is 1. The molecule has 0 saturated carbocycles. The molecule has 3 heterocycles. The number of hydrogen-bond acceptors (Lipinski definition) is 6. The number of nitrogens with one attached hydrogen (secondary N) is 2. The van der Waals surface area contributed by atoms with E-state index in [0.29, 0.717) is 28.0 Å². The van der Waals surface area contributed by atoms with E-state index >= 15 is 0 Å². The van der Waals surface area contributed by atoms with E-state index in [2.05, 4.69) is 29.1 Å². The third-order valence-corrected chi connectivity index (χ3v) is 6.63. The van der Waals surface area contributed by atoms with Gasteiger partial charge in [-0.2, -0.15) is 0 Å². The molecule has 1 aliphatic heterocycles. The lowest BCUT2D eigenvalue weighted by Gasteiger charge is -2.29. The zero-order chi connectivity index (χ0) is 19.7. The number of H-pyrrole nitrogens is 1. The van der Waals surface area contributed by atoms with E-state index in [1.807, 2.05) is 38.3 Å². The SMILES string of the molecule is CC1=C(C(=O)C(C)C)C(c2cccs2)c2c(nc(SCC(C)C)[nH]c2=O)N1. The van der Waals surface area contributed by atoms with Gasteiger partial charge in [-0.25, -0.2) is 4.98 Å². The number of rotatable bonds is 6. The Morgan fingerprint density at radius 1 is 1.33 bits per heavy atom. The number of fused-ring (bicyclic) bond motifs is 1. The topological polar surface area (TPSA) is 74.8 Å². The van der Waals surface area contributed by atoms with Crippen LogP contribution in [0.4, 0.5) is 5.82 Å². The molecule has 3 rings (SSSR count). The molecule has 0 bridgehead atoms. The molecule has 1 aliphatic rings. The van der Waals surface area contributed by atoms with Crippen molar-refractivity contribution < 1.29 is 4.79 Å². The number of ketones is 1. The van der Waals surface area contributed by atoms with E-state index in [9.17, 15) is 9.59 Å². The van der Waals surface area contributed by atoms with E-state index in [0.717, 1.165) is 16.3 Å². The van der Waals surface area contributed by atoms with Crippen molar-refractivity contribution in [1.29, 1.82) is 0 Å². The van der Waals surface area contributed by atoms with E-state index in [1.165, 1.54) is 0 Å².